The molecule has 0 radical (unpaired) electrons. The Bertz CT molecular complexity index is 1030. The zero-order chi connectivity index (χ0) is 22.4. The molecule has 1 aromatic heterocycles. The lowest BCUT2D eigenvalue weighted by atomic mass is 10.1. The molecule has 0 aliphatic carbocycles. The molecule has 3 aromatic rings. The van der Waals surface area contributed by atoms with Gasteiger partial charge in [-0.1, -0.05) is 23.9 Å². The zero-order valence-electron chi connectivity index (χ0n) is 18.4. The Kier molecular flexibility index (Phi) is 7.68. The van der Waals surface area contributed by atoms with Crippen LogP contribution in [0, 0.1) is 12.7 Å². The lowest BCUT2D eigenvalue weighted by Gasteiger charge is -2.21. The van der Waals surface area contributed by atoms with E-state index < -0.39 is 0 Å². The molecule has 1 heterocycles. The number of thioether (sulfide) groups is 1. The first kappa shape index (κ1) is 22.8. The minimum absolute atomic E-state index is 0.140. The van der Waals surface area contributed by atoms with Crippen LogP contribution in [0.1, 0.15) is 25.0 Å². The maximum Gasteiger partial charge on any atom is 0.230 e. The van der Waals surface area contributed by atoms with Crippen LogP contribution in [0.4, 0.5) is 10.1 Å². The summed E-state index contributed by atoms with van der Waals surface area (Å²) in [5.41, 5.74) is 3.47. The molecule has 0 spiro atoms. The van der Waals surface area contributed by atoms with Crippen LogP contribution in [0.25, 0.3) is 11.4 Å². The Labute approximate surface area is 186 Å². The minimum atomic E-state index is -0.266. The van der Waals surface area contributed by atoms with Gasteiger partial charge in [-0.05, 0) is 62.2 Å². The topological polar surface area (TPSA) is 63.1 Å². The van der Waals surface area contributed by atoms with Gasteiger partial charge in [0.15, 0.2) is 11.0 Å². The van der Waals surface area contributed by atoms with E-state index in [1.807, 2.05) is 29.8 Å². The van der Waals surface area contributed by atoms with Gasteiger partial charge in [-0.3, -0.25) is 4.79 Å². The molecule has 8 heteroatoms. The van der Waals surface area contributed by atoms with Crippen LogP contribution in [0.2, 0.25) is 0 Å². The van der Waals surface area contributed by atoms with Gasteiger partial charge in [0.05, 0.1) is 5.75 Å². The Morgan fingerprint density at radius 2 is 1.84 bits per heavy atom. The number of hydrogen-bond acceptors (Lipinski definition) is 5. The van der Waals surface area contributed by atoms with E-state index in [1.165, 1.54) is 23.5 Å². The van der Waals surface area contributed by atoms with Gasteiger partial charge < -0.3 is 14.8 Å². The van der Waals surface area contributed by atoms with Crippen molar-refractivity contribution in [3.8, 4) is 11.4 Å². The third-order valence-corrected chi connectivity index (χ3v) is 6.17. The second kappa shape index (κ2) is 10.4. The maximum atomic E-state index is 13.6. The van der Waals surface area contributed by atoms with Crippen molar-refractivity contribution in [2.45, 2.75) is 32.5 Å². The van der Waals surface area contributed by atoms with Gasteiger partial charge in [-0.25, -0.2) is 4.39 Å². The molecular weight excluding hydrogens is 413 g/mol. The predicted octanol–water partition coefficient (Wildman–Crippen LogP) is 4.18. The van der Waals surface area contributed by atoms with Crippen LogP contribution < -0.4 is 10.2 Å². The van der Waals surface area contributed by atoms with Crippen LogP contribution in [0.15, 0.2) is 47.6 Å². The highest BCUT2D eigenvalue weighted by atomic mass is 32.2. The summed E-state index contributed by atoms with van der Waals surface area (Å²) in [5, 5.41) is 12.0. The van der Waals surface area contributed by atoms with Crippen LogP contribution in [-0.2, 0) is 18.4 Å². The largest absolute Gasteiger partial charge is 0.372 e. The van der Waals surface area contributed by atoms with Gasteiger partial charge in [0.1, 0.15) is 5.82 Å². The summed E-state index contributed by atoms with van der Waals surface area (Å²) in [6, 6.07) is 13.2. The Hall–Kier alpha value is -2.87. The summed E-state index contributed by atoms with van der Waals surface area (Å²) in [5.74, 6) is 0.558. The number of amides is 1. The highest BCUT2D eigenvalue weighted by molar-refractivity contribution is 7.99. The first-order chi connectivity index (χ1) is 14.9. The molecule has 0 fully saturated rings. The van der Waals surface area contributed by atoms with Gasteiger partial charge in [0.25, 0.3) is 0 Å². The van der Waals surface area contributed by atoms with Crippen LogP contribution >= 0.6 is 11.8 Å². The fourth-order valence-electron chi connectivity index (χ4n) is 3.23. The third-order valence-electron chi connectivity index (χ3n) is 5.15. The molecule has 2 aromatic carbocycles. The second-order valence-corrected chi connectivity index (χ2v) is 8.18. The molecule has 3 rings (SSSR count). The third kappa shape index (κ3) is 5.64. The van der Waals surface area contributed by atoms with E-state index >= 15 is 0 Å². The van der Waals surface area contributed by atoms with Crippen molar-refractivity contribution < 1.29 is 9.18 Å². The molecule has 1 N–H and O–H groups in total. The molecule has 0 aliphatic heterocycles. The molecule has 0 bridgehead atoms. The van der Waals surface area contributed by atoms with Crippen molar-refractivity contribution in [3.63, 3.8) is 0 Å². The second-order valence-electron chi connectivity index (χ2n) is 7.23. The number of nitrogens with one attached hydrogen (secondary N) is 1. The van der Waals surface area contributed by atoms with E-state index in [9.17, 15) is 9.18 Å². The lowest BCUT2D eigenvalue weighted by Crippen LogP contribution is -2.24. The van der Waals surface area contributed by atoms with Gasteiger partial charge in [-0.2, -0.15) is 0 Å². The van der Waals surface area contributed by atoms with Gasteiger partial charge in [0.2, 0.25) is 5.91 Å². The van der Waals surface area contributed by atoms with E-state index in [4.69, 9.17) is 0 Å². The fraction of sp³-hybridized carbons (Fsp3) is 0.348. The minimum Gasteiger partial charge on any atom is -0.372 e. The van der Waals surface area contributed by atoms with Crippen molar-refractivity contribution in [2.75, 3.05) is 23.7 Å². The number of nitrogens with zero attached hydrogens (tertiary/aromatic N) is 4. The Morgan fingerprint density at radius 3 is 2.48 bits per heavy atom. The van der Waals surface area contributed by atoms with E-state index in [0.29, 0.717) is 17.3 Å². The Morgan fingerprint density at radius 1 is 1.13 bits per heavy atom. The van der Waals surface area contributed by atoms with Crippen molar-refractivity contribution in [1.82, 2.24) is 20.1 Å². The van der Waals surface area contributed by atoms with E-state index in [1.54, 1.807) is 13.0 Å². The standard InChI is InChI=1S/C23H28FN5OS/c1-5-29(6-2)19-11-9-18(10-12-19)22-26-27-23(28(22)4)31-15-21(30)25-14-17-8-7-16(3)20(24)13-17/h7-13H,5-6,14-15H2,1-4H3,(H,25,30). The number of carbonyl (C=O) groups is 1. The number of benzene rings is 2. The van der Waals surface area contributed by atoms with Crippen LogP contribution in [0.5, 0.6) is 0 Å². The van der Waals surface area contributed by atoms with E-state index in [0.717, 1.165) is 30.0 Å². The molecule has 0 saturated carbocycles. The van der Waals surface area contributed by atoms with Crippen molar-refractivity contribution in [3.05, 3.63) is 59.4 Å². The molecule has 0 saturated heterocycles. The van der Waals surface area contributed by atoms with Crippen LogP contribution in [-0.4, -0.2) is 39.5 Å². The average molecular weight is 442 g/mol. The molecule has 0 atom stereocenters. The van der Waals surface area contributed by atoms with E-state index in [-0.39, 0.29) is 17.5 Å². The quantitative estimate of drug-likeness (QED) is 0.505. The number of carbonyl (C=O) groups excluding carboxylic acids is 1. The average Bonchev–Trinajstić information content (AvgIpc) is 3.14. The number of hydrogen-bond donors (Lipinski definition) is 1. The molecular formula is C23H28FN5OS. The number of halogens is 1. The first-order valence-corrected chi connectivity index (χ1v) is 11.3. The van der Waals surface area contributed by atoms with Gasteiger partial charge in [0, 0.05) is 37.9 Å². The monoisotopic (exact) mass is 441 g/mol. The highest BCUT2D eigenvalue weighted by Gasteiger charge is 2.13. The summed E-state index contributed by atoms with van der Waals surface area (Å²) in [4.78, 5) is 14.5. The van der Waals surface area contributed by atoms with Crippen LogP contribution in [0.3, 0.4) is 0 Å². The number of anilines is 1. The van der Waals surface area contributed by atoms with Crippen molar-refractivity contribution >= 4 is 23.4 Å². The lowest BCUT2D eigenvalue weighted by molar-refractivity contribution is -0.118. The molecule has 6 nitrogen and oxygen atoms in total. The fourth-order valence-corrected chi connectivity index (χ4v) is 3.97. The summed E-state index contributed by atoms with van der Waals surface area (Å²) in [6.07, 6.45) is 0. The summed E-state index contributed by atoms with van der Waals surface area (Å²) in [6.45, 7) is 8.20. The zero-order valence-corrected chi connectivity index (χ0v) is 19.2. The summed E-state index contributed by atoms with van der Waals surface area (Å²) < 4.78 is 15.5. The van der Waals surface area contributed by atoms with E-state index in [2.05, 4.69) is 46.4 Å². The molecule has 31 heavy (non-hydrogen) atoms. The summed E-state index contributed by atoms with van der Waals surface area (Å²) >= 11 is 1.32. The maximum absolute atomic E-state index is 13.6. The van der Waals surface area contributed by atoms with Crippen molar-refractivity contribution in [1.29, 1.82) is 0 Å². The summed E-state index contributed by atoms with van der Waals surface area (Å²) in [7, 11) is 1.89. The number of aryl methyl sites for hydroxylation is 1. The number of rotatable bonds is 9. The molecule has 164 valence electrons. The smallest absolute Gasteiger partial charge is 0.230 e. The SMILES string of the molecule is CCN(CC)c1ccc(-c2nnc(SCC(=O)NCc3ccc(C)c(F)c3)n2C)cc1. The highest BCUT2D eigenvalue weighted by Crippen LogP contribution is 2.25. The molecule has 0 aliphatic rings. The van der Waals surface area contributed by atoms with Gasteiger partial charge >= 0.3 is 0 Å². The van der Waals surface area contributed by atoms with Gasteiger partial charge in [-0.15, -0.1) is 10.2 Å². The normalized spacial score (nSPS) is 10.9. The molecule has 0 unspecified atom stereocenters. The van der Waals surface area contributed by atoms with Crippen molar-refractivity contribution in [2.24, 2.45) is 7.05 Å². The number of aromatic nitrogens is 3. The first-order valence-electron chi connectivity index (χ1n) is 10.3. The molecule has 1 amide bonds. The Balaban J connectivity index is 1.57. The predicted molar refractivity (Wildman–Crippen MR) is 124 cm³/mol.